The molecule has 0 radical (unpaired) electrons. The SMILES string of the molecule is Cc1c(Cc2ccc(Cl)cc2)c(=O)n(C)c2cccc(OCC(=O)OC(C)(C)C)c12. The quantitative estimate of drug-likeness (QED) is 0.548. The lowest BCUT2D eigenvalue weighted by Crippen LogP contribution is -2.27. The van der Waals surface area contributed by atoms with Gasteiger partial charge < -0.3 is 14.0 Å². The molecule has 0 atom stereocenters. The smallest absolute Gasteiger partial charge is 0.344 e. The van der Waals surface area contributed by atoms with Crippen molar-refractivity contribution in [2.24, 2.45) is 7.05 Å². The first-order chi connectivity index (χ1) is 14.1. The van der Waals surface area contributed by atoms with Crippen LogP contribution in [0.1, 0.15) is 37.5 Å². The molecule has 2 aromatic carbocycles. The minimum Gasteiger partial charge on any atom is -0.481 e. The van der Waals surface area contributed by atoms with Gasteiger partial charge in [0.1, 0.15) is 11.4 Å². The first kappa shape index (κ1) is 21.9. The third kappa shape index (κ3) is 4.85. The Kier molecular flexibility index (Phi) is 6.22. The van der Waals surface area contributed by atoms with Gasteiger partial charge in [0, 0.05) is 29.4 Å². The minimum absolute atomic E-state index is 0.0563. The van der Waals surface area contributed by atoms with Crippen LogP contribution in [0.5, 0.6) is 5.75 Å². The van der Waals surface area contributed by atoms with Gasteiger partial charge >= 0.3 is 5.97 Å². The van der Waals surface area contributed by atoms with E-state index >= 15 is 0 Å². The number of nitrogens with zero attached hydrogens (tertiary/aromatic N) is 1. The van der Waals surface area contributed by atoms with E-state index in [9.17, 15) is 9.59 Å². The van der Waals surface area contributed by atoms with Crippen LogP contribution in [0.25, 0.3) is 10.9 Å². The van der Waals surface area contributed by atoms with Crippen molar-refractivity contribution >= 4 is 28.5 Å². The largest absolute Gasteiger partial charge is 0.481 e. The lowest BCUT2D eigenvalue weighted by molar-refractivity contribution is -0.157. The van der Waals surface area contributed by atoms with Crippen LogP contribution in [0.15, 0.2) is 47.3 Å². The fourth-order valence-electron chi connectivity index (χ4n) is 3.44. The Balaban J connectivity index is 2.01. The van der Waals surface area contributed by atoms with Crippen LogP contribution in [-0.2, 0) is 23.0 Å². The summed E-state index contributed by atoms with van der Waals surface area (Å²) < 4.78 is 12.8. The van der Waals surface area contributed by atoms with E-state index in [4.69, 9.17) is 21.1 Å². The van der Waals surface area contributed by atoms with Crippen LogP contribution in [0, 0.1) is 6.92 Å². The second-order valence-electron chi connectivity index (χ2n) is 8.30. The number of hydrogen-bond acceptors (Lipinski definition) is 4. The molecule has 0 fully saturated rings. The van der Waals surface area contributed by atoms with Crippen LogP contribution >= 0.6 is 11.6 Å². The zero-order chi connectivity index (χ0) is 22.1. The second-order valence-corrected chi connectivity index (χ2v) is 8.73. The number of aryl methyl sites for hydroxylation is 2. The molecular formula is C24H26ClNO4. The van der Waals surface area contributed by atoms with E-state index in [0.717, 1.165) is 22.0 Å². The van der Waals surface area contributed by atoms with Crippen LogP contribution in [-0.4, -0.2) is 22.7 Å². The fourth-order valence-corrected chi connectivity index (χ4v) is 3.57. The zero-order valence-electron chi connectivity index (χ0n) is 17.9. The van der Waals surface area contributed by atoms with Crippen molar-refractivity contribution in [1.82, 2.24) is 4.57 Å². The van der Waals surface area contributed by atoms with E-state index in [1.807, 2.05) is 64.1 Å². The van der Waals surface area contributed by atoms with Crippen molar-refractivity contribution < 1.29 is 14.3 Å². The van der Waals surface area contributed by atoms with E-state index in [0.29, 0.717) is 22.8 Å². The maximum Gasteiger partial charge on any atom is 0.344 e. The highest BCUT2D eigenvalue weighted by molar-refractivity contribution is 6.30. The van der Waals surface area contributed by atoms with Gasteiger partial charge in [0.15, 0.2) is 6.61 Å². The monoisotopic (exact) mass is 427 g/mol. The molecule has 1 aromatic heterocycles. The van der Waals surface area contributed by atoms with Gasteiger partial charge in [-0.3, -0.25) is 4.79 Å². The summed E-state index contributed by atoms with van der Waals surface area (Å²) in [5.74, 6) is 0.104. The van der Waals surface area contributed by atoms with Gasteiger partial charge in [0.05, 0.1) is 5.52 Å². The highest BCUT2D eigenvalue weighted by atomic mass is 35.5. The summed E-state index contributed by atoms with van der Waals surface area (Å²) >= 11 is 5.98. The van der Waals surface area contributed by atoms with Gasteiger partial charge in [-0.25, -0.2) is 4.79 Å². The van der Waals surface area contributed by atoms with E-state index < -0.39 is 11.6 Å². The van der Waals surface area contributed by atoms with Gasteiger partial charge in [-0.15, -0.1) is 0 Å². The maximum absolute atomic E-state index is 13.0. The lowest BCUT2D eigenvalue weighted by Gasteiger charge is -2.20. The Bertz CT molecular complexity index is 1140. The number of halogens is 1. The molecule has 0 unspecified atom stereocenters. The molecule has 5 nitrogen and oxygen atoms in total. The van der Waals surface area contributed by atoms with Crippen LogP contribution in [0.3, 0.4) is 0 Å². The first-order valence-corrected chi connectivity index (χ1v) is 10.1. The number of esters is 1. The third-order valence-corrected chi connectivity index (χ3v) is 5.07. The van der Waals surface area contributed by atoms with Gasteiger partial charge in [-0.1, -0.05) is 29.8 Å². The van der Waals surface area contributed by atoms with Gasteiger partial charge in [-0.05, 0) is 63.1 Å². The number of rotatable bonds is 5. The number of carbonyl (C=O) groups is 1. The predicted octanol–water partition coefficient (Wildman–Crippen LogP) is 4.81. The molecule has 0 aliphatic heterocycles. The van der Waals surface area contributed by atoms with Crippen molar-refractivity contribution in [2.45, 2.75) is 39.7 Å². The zero-order valence-corrected chi connectivity index (χ0v) is 18.7. The van der Waals surface area contributed by atoms with Gasteiger partial charge in [0.25, 0.3) is 5.56 Å². The minimum atomic E-state index is -0.579. The van der Waals surface area contributed by atoms with Crippen molar-refractivity contribution in [3.8, 4) is 5.75 Å². The number of benzene rings is 2. The number of aromatic nitrogens is 1. The van der Waals surface area contributed by atoms with Crippen molar-refractivity contribution in [3.05, 3.63) is 74.5 Å². The van der Waals surface area contributed by atoms with Gasteiger partial charge in [-0.2, -0.15) is 0 Å². The summed E-state index contributed by atoms with van der Waals surface area (Å²) in [6.45, 7) is 7.14. The van der Waals surface area contributed by atoms with E-state index in [-0.39, 0.29) is 12.2 Å². The van der Waals surface area contributed by atoms with Crippen LogP contribution in [0.2, 0.25) is 5.02 Å². The van der Waals surface area contributed by atoms with E-state index in [1.54, 1.807) is 17.7 Å². The number of ether oxygens (including phenoxy) is 2. The topological polar surface area (TPSA) is 57.5 Å². The molecule has 1 heterocycles. The third-order valence-electron chi connectivity index (χ3n) is 4.82. The lowest BCUT2D eigenvalue weighted by atomic mass is 9.98. The van der Waals surface area contributed by atoms with Gasteiger partial charge in [0.2, 0.25) is 0 Å². The van der Waals surface area contributed by atoms with E-state index in [1.165, 1.54) is 0 Å². The summed E-state index contributed by atoms with van der Waals surface area (Å²) in [6, 6.07) is 12.9. The first-order valence-electron chi connectivity index (χ1n) is 9.77. The second kappa shape index (κ2) is 8.52. The Hall–Kier alpha value is -2.79. The maximum atomic E-state index is 13.0. The summed E-state index contributed by atoms with van der Waals surface area (Å²) in [6.07, 6.45) is 0.478. The molecule has 0 amide bonds. The normalized spacial score (nSPS) is 11.5. The summed E-state index contributed by atoms with van der Waals surface area (Å²) in [5.41, 5.74) is 2.62. The number of pyridine rings is 1. The molecule has 0 N–H and O–H groups in total. The molecule has 158 valence electrons. The molecule has 0 saturated heterocycles. The summed E-state index contributed by atoms with van der Waals surface area (Å²) in [7, 11) is 1.74. The highest BCUT2D eigenvalue weighted by Gasteiger charge is 2.19. The summed E-state index contributed by atoms with van der Waals surface area (Å²) in [4.78, 5) is 25.1. The van der Waals surface area contributed by atoms with Crippen LogP contribution < -0.4 is 10.3 Å². The standard InChI is InChI=1S/C24H26ClNO4/c1-15-18(13-16-9-11-17(25)12-10-16)23(28)26(5)19-7-6-8-20(22(15)19)29-14-21(27)30-24(2,3)4/h6-12H,13-14H2,1-5H3. The molecule has 0 saturated carbocycles. The molecule has 0 bridgehead atoms. The molecule has 6 heteroatoms. The number of hydrogen-bond donors (Lipinski definition) is 0. The Labute approximate surface area is 181 Å². The Morgan fingerprint density at radius 3 is 2.40 bits per heavy atom. The Morgan fingerprint density at radius 1 is 1.10 bits per heavy atom. The average molecular weight is 428 g/mol. The number of fused-ring (bicyclic) bond motifs is 1. The summed E-state index contributed by atoms with van der Waals surface area (Å²) in [5, 5.41) is 1.46. The number of carbonyl (C=O) groups excluding carboxylic acids is 1. The van der Waals surface area contributed by atoms with Crippen LogP contribution in [0.4, 0.5) is 0 Å². The van der Waals surface area contributed by atoms with E-state index in [2.05, 4.69) is 0 Å². The molecule has 30 heavy (non-hydrogen) atoms. The molecular weight excluding hydrogens is 402 g/mol. The molecule has 0 aliphatic rings. The molecule has 3 rings (SSSR count). The average Bonchev–Trinajstić information content (AvgIpc) is 2.67. The fraction of sp³-hybridized carbons (Fsp3) is 0.333. The molecule has 0 aliphatic carbocycles. The van der Waals surface area contributed by atoms with Crippen molar-refractivity contribution in [3.63, 3.8) is 0 Å². The van der Waals surface area contributed by atoms with Crippen molar-refractivity contribution in [1.29, 1.82) is 0 Å². The Morgan fingerprint density at radius 2 is 1.77 bits per heavy atom. The highest BCUT2D eigenvalue weighted by Crippen LogP contribution is 2.30. The molecule has 0 spiro atoms. The molecule has 3 aromatic rings. The van der Waals surface area contributed by atoms with Crippen molar-refractivity contribution in [2.75, 3.05) is 6.61 Å². The predicted molar refractivity (Wildman–Crippen MR) is 120 cm³/mol.